The zero-order valence-electron chi connectivity index (χ0n) is 10.8. The zero-order valence-corrected chi connectivity index (χ0v) is 10.8. The minimum atomic E-state index is -0.717. The molecule has 1 aromatic rings. The van der Waals surface area contributed by atoms with Crippen molar-refractivity contribution >= 4 is 17.3 Å². The molecule has 0 heterocycles. The largest absolute Gasteiger partial charge is 0.328 e. The molecule has 3 N–H and O–H groups in total. The molecule has 1 aliphatic carbocycles. The first-order valence-corrected chi connectivity index (χ1v) is 6.47. The van der Waals surface area contributed by atoms with Gasteiger partial charge >= 0.3 is 0 Å². The molecular formula is C13H16FN3O3. The number of carbonyl (C=O) groups is 1. The maximum Gasteiger partial charge on any atom is 0.295 e. The van der Waals surface area contributed by atoms with Crippen molar-refractivity contribution in [3.05, 3.63) is 34.1 Å². The van der Waals surface area contributed by atoms with Crippen molar-refractivity contribution in [2.24, 2.45) is 11.7 Å². The number of anilines is 1. The average Bonchev–Trinajstić information content (AvgIpc) is 2.40. The molecule has 1 amide bonds. The van der Waals surface area contributed by atoms with Crippen molar-refractivity contribution in [3.8, 4) is 0 Å². The van der Waals surface area contributed by atoms with E-state index < -0.39 is 16.4 Å². The lowest BCUT2D eigenvalue weighted by molar-refractivity contribution is -0.384. The van der Waals surface area contributed by atoms with Crippen LogP contribution in [-0.4, -0.2) is 16.9 Å². The minimum Gasteiger partial charge on any atom is -0.328 e. The number of hydrogen-bond donors (Lipinski definition) is 2. The number of amides is 1. The van der Waals surface area contributed by atoms with E-state index in [0.717, 1.165) is 25.0 Å². The summed E-state index contributed by atoms with van der Waals surface area (Å²) in [7, 11) is 0. The van der Waals surface area contributed by atoms with Crippen LogP contribution in [0.4, 0.5) is 15.8 Å². The van der Waals surface area contributed by atoms with Gasteiger partial charge in [-0.15, -0.1) is 0 Å². The molecule has 1 fully saturated rings. The predicted octanol–water partition coefficient (Wildman–Crippen LogP) is 2.19. The van der Waals surface area contributed by atoms with E-state index in [-0.39, 0.29) is 23.6 Å². The first-order valence-electron chi connectivity index (χ1n) is 6.47. The number of halogens is 1. The summed E-state index contributed by atoms with van der Waals surface area (Å²) in [6.07, 6.45) is 3.04. The van der Waals surface area contributed by atoms with E-state index in [9.17, 15) is 19.3 Å². The molecule has 0 aliphatic heterocycles. The number of nitrogens with one attached hydrogen (secondary N) is 1. The SMILES string of the molecule is NC1CCCC(C(=O)Nc2ccc(F)cc2[N+](=O)[O-])C1. The Morgan fingerprint density at radius 2 is 2.20 bits per heavy atom. The van der Waals surface area contributed by atoms with Crippen LogP contribution in [0, 0.1) is 21.8 Å². The summed E-state index contributed by atoms with van der Waals surface area (Å²) >= 11 is 0. The third-order valence-electron chi connectivity index (χ3n) is 3.50. The van der Waals surface area contributed by atoms with Crippen molar-refractivity contribution in [2.45, 2.75) is 31.7 Å². The highest BCUT2D eigenvalue weighted by Gasteiger charge is 2.27. The van der Waals surface area contributed by atoms with Crippen LogP contribution >= 0.6 is 0 Å². The Balaban J connectivity index is 2.13. The van der Waals surface area contributed by atoms with Crippen LogP contribution in [0.5, 0.6) is 0 Å². The number of nitro benzene ring substituents is 1. The Bertz CT molecular complexity index is 536. The second-order valence-corrected chi connectivity index (χ2v) is 5.03. The van der Waals surface area contributed by atoms with Crippen LogP contribution in [-0.2, 0) is 4.79 Å². The molecule has 7 heteroatoms. The van der Waals surface area contributed by atoms with E-state index in [2.05, 4.69) is 5.32 Å². The van der Waals surface area contributed by atoms with Gasteiger partial charge in [-0.05, 0) is 31.4 Å². The molecule has 0 saturated heterocycles. The normalized spacial score (nSPS) is 22.3. The van der Waals surface area contributed by atoms with Gasteiger partial charge in [-0.25, -0.2) is 4.39 Å². The topological polar surface area (TPSA) is 98.3 Å². The van der Waals surface area contributed by atoms with Gasteiger partial charge in [0.2, 0.25) is 5.91 Å². The summed E-state index contributed by atoms with van der Waals surface area (Å²) in [6, 6.07) is 3.06. The Kier molecular flexibility index (Phi) is 4.29. The summed E-state index contributed by atoms with van der Waals surface area (Å²) in [5.74, 6) is -1.26. The van der Waals surface area contributed by atoms with Crippen molar-refractivity contribution in [2.75, 3.05) is 5.32 Å². The van der Waals surface area contributed by atoms with Gasteiger partial charge in [-0.1, -0.05) is 6.42 Å². The highest BCUT2D eigenvalue weighted by molar-refractivity contribution is 5.94. The second kappa shape index (κ2) is 5.96. The predicted molar refractivity (Wildman–Crippen MR) is 71.6 cm³/mol. The van der Waals surface area contributed by atoms with Gasteiger partial charge in [0.15, 0.2) is 0 Å². The molecule has 2 unspecified atom stereocenters. The molecule has 2 atom stereocenters. The monoisotopic (exact) mass is 281 g/mol. The van der Waals surface area contributed by atoms with E-state index >= 15 is 0 Å². The minimum absolute atomic E-state index is 0.0114. The number of nitrogens with zero attached hydrogens (tertiary/aromatic N) is 1. The van der Waals surface area contributed by atoms with Crippen molar-refractivity contribution in [1.29, 1.82) is 0 Å². The van der Waals surface area contributed by atoms with Crippen LogP contribution in [0.15, 0.2) is 18.2 Å². The van der Waals surface area contributed by atoms with E-state index in [1.54, 1.807) is 0 Å². The Morgan fingerprint density at radius 1 is 1.45 bits per heavy atom. The number of hydrogen-bond acceptors (Lipinski definition) is 4. The molecule has 0 aromatic heterocycles. The standard InChI is InChI=1S/C13H16FN3O3/c14-9-4-5-11(12(7-9)17(19)20)16-13(18)8-2-1-3-10(15)6-8/h4-5,7-8,10H,1-3,6,15H2,(H,16,18). The Hall–Kier alpha value is -2.02. The number of nitro groups is 1. The fourth-order valence-electron chi connectivity index (χ4n) is 2.46. The summed E-state index contributed by atoms with van der Waals surface area (Å²) in [5, 5.41) is 13.4. The van der Waals surface area contributed by atoms with Crippen LogP contribution < -0.4 is 11.1 Å². The first-order chi connectivity index (χ1) is 9.47. The van der Waals surface area contributed by atoms with Crippen molar-refractivity contribution in [1.82, 2.24) is 0 Å². The maximum atomic E-state index is 13.0. The lowest BCUT2D eigenvalue weighted by atomic mass is 9.85. The fraction of sp³-hybridized carbons (Fsp3) is 0.462. The molecular weight excluding hydrogens is 265 g/mol. The van der Waals surface area contributed by atoms with E-state index in [4.69, 9.17) is 5.73 Å². The van der Waals surface area contributed by atoms with E-state index in [1.807, 2.05) is 0 Å². The van der Waals surface area contributed by atoms with E-state index in [0.29, 0.717) is 12.8 Å². The smallest absolute Gasteiger partial charge is 0.295 e. The van der Waals surface area contributed by atoms with Gasteiger partial charge in [0.05, 0.1) is 11.0 Å². The van der Waals surface area contributed by atoms with Gasteiger partial charge in [-0.3, -0.25) is 14.9 Å². The zero-order chi connectivity index (χ0) is 14.7. The first kappa shape index (κ1) is 14.4. The third-order valence-corrected chi connectivity index (χ3v) is 3.50. The highest BCUT2D eigenvalue weighted by atomic mass is 19.1. The lowest BCUT2D eigenvalue weighted by Gasteiger charge is -2.25. The summed E-state index contributed by atoms with van der Waals surface area (Å²) in [5.41, 5.74) is 5.39. The molecule has 6 nitrogen and oxygen atoms in total. The molecule has 108 valence electrons. The second-order valence-electron chi connectivity index (χ2n) is 5.03. The van der Waals surface area contributed by atoms with Gasteiger partial charge in [0.1, 0.15) is 11.5 Å². The molecule has 2 rings (SSSR count). The maximum absolute atomic E-state index is 13.0. The van der Waals surface area contributed by atoms with Gasteiger partial charge in [0.25, 0.3) is 5.69 Å². The molecule has 0 radical (unpaired) electrons. The summed E-state index contributed by atoms with van der Waals surface area (Å²) < 4.78 is 13.0. The van der Waals surface area contributed by atoms with Gasteiger partial charge < -0.3 is 11.1 Å². The molecule has 1 aliphatic rings. The molecule has 1 aromatic carbocycles. The number of nitrogens with two attached hydrogens (primary N) is 1. The quantitative estimate of drug-likeness (QED) is 0.655. The molecule has 0 bridgehead atoms. The number of carbonyl (C=O) groups excluding carboxylic acids is 1. The highest BCUT2D eigenvalue weighted by Crippen LogP contribution is 2.28. The number of rotatable bonds is 3. The van der Waals surface area contributed by atoms with E-state index in [1.165, 1.54) is 6.07 Å². The fourth-order valence-corrected chi connectivity index (χ4v) is 2.46. The lowest BCUT2D eigenvalue weighted by Crippen LogP contribution is -2.34. The van der Waals surface area contributed by atoms with Crippen molar-refractivity contribution in [3.63, 3.8) is 0 Å². The van der Waals surface area contributed by atoms with Crippen LogP contribution in [0.2, 0.25) is 0 Å². The van der Waals surface area contributed by atoms with Crippen molar-refractivity contribution < 1.29 is 14.1 Å². The van der Waals surface area contributed by atoms with Crippen LogP contribution in [0.3, 0.4) is 0 Å². The average molecular weight is 281 g/mol. The molecule has 20 heavy (non-hydrogen) atoms. The van der Waals surface area contributed by atoms with Gasteiger partial charge in [-0.2, -0.15) is 0 Å². The Labute approximate surface area is 115 Å². The number of benzene rings is 1. The molecule has 1 saturated carbocycles. The summed E-state index contributed by atoms with van der Waals surface area (Å²) in [4.78, 5) is 22.2. The van der Waals surface area contributed by atoms with Crippen LogP contribution in [0.25, 0.3) is 0 Å². The third kappa shape index (κ3) is 3.30. The Morgan fingerprint density at radius 3 is 2.85 bits per heavy atom. The van der Waals surface area contributed by atoms with Crippen LogP contribution in [0.1, 0.15) is 25.7 Å². The summed E-state index contributed by atoms with van der Waals surface area (Å²) in [6.45, 7) is 0. The van der Waals surface area contributed by atoms with Gasteiger partial charge in [0, 0.05) is 12.0 Å². The molecule has 0 spiro atoms.